The normalized spacial score (nSPS) is 11.2. The van der Waals surface area contributed by atoms with Crippen molar-refractivity contribution in [2.75, 3.05) is 7.11 Å². The van der Waals surface area contributed by atoms with E-state index in [-0.39, 0.29) is 21.0 Å². The van der Waals surface area contributed by atoms with Crippen molar-refractivity contribution in [3.63, 3.8) is 0 Å². The van der Waals surface area contributed by atoms with Crippen LogP contribution >= 0.6 is 0 Å². The average molecular weight is 418 g/mol. The molecule has 0 aliphatic rings. The van der Waals surface area contributed by atoms with Crippen LogP contribution < -0.4 is 4.74 Å². The lowest BCUT2D eigenvalue weighted by atomic mass is 10.0. The van der Waals surface area contributed by atoms with E-state index in [2.05, 4.69) is 4.98 Å². The minimum Gasteiger partial charge on any atom is -0.497 e. The van der Waals surface area contributed by atoms with E-state index >= 15 is 0 Å². The van der Waals surface area contributed by atoms with Crippen molar-refractivity contribution in [2.24, 2.45) is 0 Å². The molecular weight excluding hydrogens is 403 g/mol. The van der Waals surface area contributed by atoms with Crippen LogP contribution in [0.5, 0.6) is 5.75 Å². The van der Waals surface area contributed by atoms with Crippen molar-refractivity contribution < 1.29 is 17.5 Å². The summed E-state index contributed by atoms with van der Waals surface area (Å²) in [6, 6.07) is 20.3. The van der Waals surface area contributed by atoms with E-state index in [4.69, 9.17) is 10.00 Å². The Labute approximate surface area is 172 Å². The molecule has 0 fully saturated rings. The number of rotatable bonds is 4. The third kappa shape index (κ3) is 3.49. The van der Waals surface area contributed by atoms with Crippen LogP contribution in [0.1, 0.15) is 5.56 Å². The molecule has 0 unspecified atom stereocenters. The summed E-state index contributed by atoms with van der Waals surface area (Å²) in [5, 5.41) is 9.49. The fourth-order valence-corrected chi connectivity index (χ4v) is 4.45. The van der Waals surface area contributed by atoms with Gasteiger partial charge in [-0.2, -0.15) is 5.26 Å². The van der Waals surface area contributed by atoms with Crippen LogP contribution in [0.25, 0.3) is 22.0 Å². The molecule has 30 heavy (non-hydrogen) atoms. The smallest absolute Gasteiger partial charge is 0.223 e. The van der Waals surface area contributed by atoms with Crippen LogP contribution in [0.4, 0.5) is 4.39 Å². The third-order valence-electron chi connectivity index (χ3n) is 4.70. The summed E-state index contributed by atoms with van der Waals surface area (Å²) in [6.45, 7) is 0. The highest BCUT2D eigenvalue weighted by atomic mass is 32.2. The van der Waals surface area contributed by atoms with Crippen molar-refractivity contribution in [3.8, 4) is 22.9 Å². The van der Waals surface area contributed by atoms with E-state index in [0.717, 1.165) is 5.56 Å². The molecule has 0 aliphatic heterocycles. The molecule has 0 saturated heterocycles. The zero-order chi connectivity index (χ0) is 21.3. The second-order valence-corrected chi connectivity index (χ2v) is 8.44. The van der Waals surface area contributed by atoms with E-state index in [9.17, 15) is 12.8 Å². The predicted molar refractivity (Wildman–Crippen MR) is 110 cm³/mol. The number of fused-ring (bicyclic) bond motifs is 1. The minimum absolute atomic E-state index is 0.0505. The number of pyridine rings is 1. The maximum atomic E-state index is 13.9. The number of halogens is 1. The summed E-state index contributed by atoms with van der Waals surface area (Å²) in [5.41, 5.74) is 1.77. The fourth-order valence-electron chi connectivity index (χ4n) is 3.18. The van der Waals surface area contributed by atoms with Gasteiger partial charge in [0.1, 0.15) is 11.6 Å². The Morgan fingerprint density at radius 1 is 1.00 bits per heavy atom. The number of aromatic nitrogens is 1. The Hall–Kier alpha value is -3.76. The topological polar surface area (TPSA) is 80.0 Å². The van der Waals surface area contributed by atoms with Gasteiger partial charge in [0.15, 0.2) is 5.03 Å². The summed E-state index contributed by atoms with van der Waals surface area (Å²) in [4.78, 5) is 4.17. The van der Waals surface area contributed by atoms with Gasteiger partial charge in [0, 0.05) is 11.5 Å². The SMILES string of the molecule is COc1ccc(-c2cc(S(=O)(=O)c3cccc(C#N)c3)nc3cc(F)ccc23)cc1. The number of methoxy groups -OCH3 is 1. The first-order valence-electron chi connectivity index (χ1n) is 8.92. The molecule has 1 aromatic heterocycles. The van der Waals surface area contributed by atoms with Crippen LogP contribution in [-0.4, -0.2) is 20.5 Å². The zero-order valence-corrected chi connectivity index (χ0v) is 16.7. The largest absolute Gasteiger partial charge is 0.497 e. The molecule has 0 radical (unpaired) electrons. The molecule has 0 amide bonds. The van der Waals surface area contributed by atoms with Gasteiger partial charge < -0.3 is 4.74 Å². The van der Waals surface area contributed by atoms with Gasteiger partial charge in [-0.1, -0.05) is 18.2 Å². The third-order valence-corrected chi connectivity index (χ3v) is 6.33. The summed E-state index contributed by atoms with van der Waals surface area (Å²) in [5.74, 6) is 0.140. The summed E-state index contributed by atoms with van der Waals surface area (Å²) >= 11 is 0. The van der Waals surface area contributed by atoms with Gasteiger partial charge in [0.05, 0.1) is 29.2 Å². The molecule has 4 aromatic rings. The first-order chi connectivity index (χ1) is 14.4. The van der Waals surface area contributed by atoms with Crippen LogP contribution in [0, 0.1) is 17.1 Å². The van der Waals surface area contributed by atoms with Gasteiger partial charge in [-0.3, -0.25) is 0 Å². The van der Waals surface area contributed by atoms with Gasteiger partial charge in [-0.05, 0) is 59.7 Å². The second-order valence-electron chi connectivity index (χ2n) is 6.54. The Morgan fingerprint density at radius 2 is 1.77 bits per heavy atom. The number of benzene rings is 3. The lowest BCUT2D eigenvalue weighted by Crippen LogP contribution is -2.06. The Kier molecular flexibility index (Phi) is 4.94. The minimum atomic E-state index is -4.03. The van der Waals surface area contributed by atoms with Crippen molar-refractivity contribution in [2.45, 2.75) is 9.92 Å². The average Bonchev–Trinajstić information content (AvgIpc) is 2.78. The molecule has 0 saturated carbocycles. The highest BCUT2D eigenvalue weighted by molar-refractivity contribution is 7.91. The van der Waals surface area contributed by atoms with E-state index in [1.165, 1.54) is 42.5 Å². The van der Waals surface area contributed by atoms with Gasteiger partial charge in [0.25, 0.3) is 0 Å². The first-order valence-corrected chi connectivity index (χ1v) is 10.4. The first kappa shape index (κ1) is 19.6. The van der Waals surface area contributed by atoms with Crippen molar-refractivity contribution in [1.82, 2.24) is 4.98 Å². The lowest BCUT2D eigenvalue weighted by molar-refractivity contribution is 0.415. The molecule has 0 atom stereocenters. The summed E-state index contributed by atoms with van der Waals surface area (Å²) in [7, 11) is -2.47. The quantitative estimate of drug-likeness (QED) is 0.478. The highest BCUT2D eigenvalue weighted by Gasteiger charge is 2.22. The summed E-state index contributed by atoms with van der Waals surface area (Å²) in [6.07, 6.45) is 0. The zero-order valence-electron chi connectivity index (χ0n) is 15.8. The van der Waals surface area contributed by atoms with Gasteiger partial charge in [-0.25, -0.2) is 17.8 Å². The Bertz CT molecular complexity index is 1410. The molecule has 3 aromatic carbocycles. The molecule has 0 bridgehead atoms. The van der Waals surface area contributed by atoms with E-state index in [0.29, 0.717) is 16.7 Å². The van der Waals surface area contributed by atoms with Gasteiger partial charge in [0.2, 0.25) is 9.84 Å². The van der Waals surface area contributed by atoms with Crippen LogP contribution in [0.3, 0.4) is 0 Å². The highest BCUT2D eigenvalue weighted by Crippen LogP contribution is 2.33. The maximum absolute atomic E-state index is 13.9. The van der Waals surface area contributed by atoms with E-state index in [1.54, 1.807) is 37.4 Å². The van der Waals surface area contributed by atoms with Crippen molar-refractivity contribution in [3.05, 3.63) is 84.2 Å². The fraction of sp³-hybridized carbons (Fsp3) is 0.0435. The number of hydrogen-bond donors (Lipinski definition) is 0. The maximum Gasteiger partial charge on any atom is 0.223 e. The predicted octanol–water partition coefficient (Wildman–Crippen LogP) is 4.75. The van der Waals surface area contributed by atoms with Crippen molar-refractivity contribution in [1.29, 1.82) is 5.26 Å². The van der Waals surface area contributed by atoms with Crippen molar-refractivity contribution >= 4 is 20.7 Å². The molecule has 0 aliphatic carbocycles. The molecule has 1 heterocycles. The van der Waals surface area contributed by atoms with Gasteiger partial charge in [-0.15, -0.1) is 0 Å². The number of ether oxygens (including phenoxy) is 1. The lowest BCUT2D eigenvalue weighted by Gasteiger charge is -2.12. The summed E-state index contributed by atoms with van der Waals surface area (Å²) < 4.78 is 45.5. The number of nitriles is 1. The molecular formula is C23H15FN2O3S. The molecule has 4 rings (SSSR count). The molecule has 0 spiro atoms. The number of hydrogen-bond acceptors (Lipinski definition) is 5. The van der Waals surface area contributed by atoms with E-state index in [1.807, 2.05) is 6.07 Å². The number of sulfone groups is 1. The molecule has 148 valence electrons. The molecule has 0 N–H and O–H groups in total. The monoisotopic (exact) mass is 418 g/mol. The standard InChI is InChI=1S/C23H15FN2O3S/c1-29-18-8-5-16(6-9-18)21-13-23(26-22-12-17(24)7-10-20(21)22)30(27,28)19-4-2-3-15(11-19)14-25/h2-13H,1H3. The van der Waals surface area contributed by atoms with Crippen LogP contribution in [-0.2, 0) is 9.84 Å². The molecule has 7 heteroatoms. The van der Waals surface area contributed by atoms with Crippen LogP contribution in [0.15, 0.2) is 82.7 Å². The Balaban J connectivity index is 1.97. The van der Waals surface area contributed by atoms with Crippen LogP contribution in [0.2, 0.25) is 0 Å². The molecule has 5 nitrogen and oxygen atoms in total. The Morgan fingerprint density at radius 3 is 2.47 bits per heavy atom. The number of nitrogens with zero attached hydrogens (tertiary/aromatic N) is 2. The van der Waals surface area contributed by atoms with Gasteiger partial charge >= 0.3 is 0 Å². The van der Waals surface area contributed by atoms with E-state index < -0.39 is 15.7 Å². The second kappa shape index (κ2) is 7.58.